The Morgan fingerprint density at radius 2 is 2.06 bits per heavy atom. The van der Waals surface area contributed by atoms with Crippen molar-refractivity contribution < 1.29 is 9.84 Å². The van der Waals surface area contributed by atoms with Crippen LogP contribution in [0.5, 0.6) is 0 Å². The SMILES string of the molecule is C[C@@H]1CC(C)(C)C[C@@H]1NCCCOCCO. The lowest BCUT2D eigenvalue weighted by Gasteiger charge is -2.18. The summed E-state index contributed by atoms with van der Waals surface area (Å²) in [4.78, 5) is 0. The second kappa shape index (κ2) is 6.58. The van der Waals surface area contributed by atoms with E-state index in [1.54, 1.807) is 0 Å². The van der Waals surface area contributed by atoms with Crippen LogP contribution in [0.15, 0.2) is 0 Å². The molecule has 0 aliphatic heterocycles. The lowest BCUT2D eigenvalue weighted by molar-refractivity contribution is 0.0902. The topological polar surface area (TPSA) is 41.5 Å². The van der Waals surface area contributed by atoms with E-state index in [1.165, 1.54) is 12.8 Å². The molecule has 16 heavy (non-hydrogen) atoms. The van der Waals surface area contributed by atoms with Gasteiger partial charge in [0.25, 0.3) is 0 Å². The Kier molecular flexibility index (Phi) is 5.73. The molecule has 96 valence electrons. The van der Waals surface area contributed by atoms with Gasteiger partial charge in [0.05, 0.1) is 13.2 Å². The summed E-state index contributed by atoms with van der Waals surface area (Å²) in [5.74, 6) is 0.786. The number of hydrogen-bond acceptors (Lipinski definition) is 3. The zero-order chi connectivity index (χ0) is 12.0. The molecule has 1 fully saturated rings. The highest BCUT2D eigenvalue weighted by atomic mass is 16.5. The summed E-state index contributed by atoms with van der Waals surface area (Å²) in [6.07, 6.45) is 3.64. The number of rotatable bonds is 7. The summed E-state index contributed by atoms with van der Waals surface area (Å²) >= 11 is 0. The Morgan fingerprint density at radius 3 is 2.62 bits per heavy atom. The highest BCUT2D eigenvalue weighted by Gasteiger charge is 2.35. The first kappa shape index (κ1) is 13.9. The third-order valence-corrected chi connectivity index (χ3v) is 3.44. The van der Waals surface area contributed by atoms with Gasteiger partial charge in [0, 0.05) is 12.6 Å². The smallest absolute Gasteiger partial charge is 0.0697 e. The van der Waals surface area contributed by atoms with Crippen molar-refractivity contribution in [1.29, 1.82) is 0 Å². The summed E-state index contributed by atoms with van der Waals surface area (Å²) in [6, 6.07) is 0.674. The van der Waals surface area contributed by atoms with Crippen molar-refractivity contribution in [1.82, 2.24) is 5.32 Å². The van der Waals surface area contributed by atoms with Gasteiger partial charge in [-0.15, -0.1) is 0 Å². The van der Waals surface area contributed by atoms with Gasteiger partial charge in [-0.3, -0.25) is 0 Å². The molecule has 0 aromatic rings. The van der Waals surface area contributed by atoms with Crippen LogP contribution in [0.2, 0.25) is 0 Å². The van der Waals surface area contributed by atoms with E-state index >= 15 is 0 Å². The second-order valence-electron chi connectivity index (χ2n) is 5.80. The number of hydrogen-bond donors (Lipinski definition) is 2. The average Bonchev–Trinajstić information content (AvgIpc) is 2.45. The van der Waals surface area contributed by atoms with Crippen LogP contribution in [0, 0.1) is 11.3 Å². The number of ether oxygens (including phenoxy) is 1. The molecule has 0 amide bonds. The van der Waals surface area contributed by atoms with Crippen LogP contribution >= 0.6 is 0 Å². The van der Waals surface area contributed by atoms with E-state index in [4.69, 9.17) is 9.84 Å². The molecule has 1 rings (SSSR count). The largest absolute Gasteiger partial charge is 0.394 e. The highest BCUT2D eigenvalue weighted by molar-refractivity contribution is 4.90. The van der Waals surface area contributed by atoms with Crippen molar-refractivity contribution in [3.05, 3.63) is 0 Å². The molecule has 0 radical (unpaired) electrons. The van der Waals surface area contributed by atoms with E-state index in [0.29, 0.717) is 18.1 Å². The lowest BCUT2D eigenvalue weighted by atomic mass is 9.91. The molecule has 0 bridgehead atoms. The van der Waals surface area contributed by atoms with E-state index in [2.05, 4.69) is 26.1 Å². The third-order valence-electron chi connectivity index (χ3n) is 3.44. The fourth-order valence-corrected chi connectivity index (χ4v) is 2.80. The number of aliphatic hydroxyl groups excluding tert-OH is 1. The van der Waals surface area contributed by atoms with Gasteiger partial charge < -0.3 is 15.2 Å². The van der Waals surface area contributed by atoms with Crippen molar-refractivity contribution in [3.63, 3.8) is 0 Å². The summed E-state index contributed by atoms with van der Waals surface area (Å²) in [5.41, 5.74) is 0.504. The molecule has 0 saturated heterocycles. The van der Waals surface area contributed by atoms with E-state index < -0.39 is 0 Å². The van der Waals surface area contributed by atoms with Gasteiger partial charge in [0.2, 0.25) is 0 Å². The van der Waals surface area contributed by atoms with Crippen LogP contribution in [0.3, 0.4) is 0 Å². The Morgan fingerprint density at radius 1 is 1.31 bits per heavy atom. The molecular formula is C13H27NO2. The minimum absolute atomic E-state index is 0.126. The van der Waals surface area contributed by atoms with E-state index in [1.807, 2.05) is 0 Å². The normalized spacial score (nSPS) is 28.5. The fourth-order valence-electron chi connectivity index (χ4n) is 2.80. The van der Waals surface area contributed by atoms with Crippen molar-refractivity contribution in [3.8, 4) is 0 Å². The highest BCUT2D eigenvalue weighted by Crippen LogP contribution is 2.40. The Bertz CT molecular complexity index is 194. The zero-order valence-electron chi connectivity index (χ0n) is 11.0. The van der Waals surface area contributed by atoms with Crippen LogP contribution in [0.1, 0.15) is 40.0 Å². The summed E-state index contributed by atoms with van der Waals surface area (Å²) in [6.45, 7) is 9.42. The molecular weight excluding hydrogens is 202 g/mol. The third kappa shape index (κ3) is 4.81. The van der Waals surface area contributed by atoms with Crippen molar-refractivity contribution >= 4 is 0 Å². The Labute approximate surface area is 99.6 Å². The van der Waals surface area contributed by atoms with Gasteiger partial charge in [-0.05, 0) is 37.1 Å². The van der Waals surface area contributed by atoms with Crippen molar-refractivity contribution in [2.75, 3.05) is 26.4 Å². The van der Waals surface area contributed by atoms with Gasteiger partial charge >= 0.3 is 0 Å². The molecule has 0 heterocycles. The van der Waals surface area contributed by atoms with Crippen molar-refractivity contribution in [2.45, 2.75) is 46.1 Å². The minimum Gasteiger partial charge on any atom is -0.394 e. The van der Waals surface area contributed by atoms with Crippen LogP contribution in [0.4, 0.5) is 0 Å². The van der Waals surface area contributed by atoms with Crippen LogP contribution in [0.25, 0.3) is 0 Å². The standard InChI is InChI=1S/C13H27NO2/c1-11-9-13(2,3)10-12(11)14-5-4-7-16-8-6-15/h11-12,14-15H,4-10H2,1-3H3/t11-,12+/m1/s1. The maximum Gasteiger partial charge on any atom is 0.0697 e. The maximum atomic E-state index is 8.55. The molecule has 0 aromatic carbocycles. The first-order valence-corrected chi connectivity index (χ1v) is 6.47. The van der Waals surface area contributed by atoms with Crippen LogP contribution < -0.4 is 5.32 Å². The first-order valence-electron chi connectivity index (χ1n) is 6.47. The molecule has 0 unspecified atom stereocenters. The fraction of sp³-hybridized carbons (Fsp3) is 1.00. The monoisotopic (exact) mass is 229 g/mol. The predicted molar refractivity (Wildman–Crippen MR) is 66.5 cm³/mol. The van der Waals surface area contributed by atoms with Gasteiger partial charge in [0.1, 0.15) is 0 Å². The molecule has 1 aliphatic rings. The summed E-state index contributed by atoms with van der Waals surface area (Å²) < 4.78 is 5.23. The summed E-state index contributed by atoms with van der Waals surface area (Å²) in [5, 5.41) is 12.2. The maximum absolute atomic E-state index is 8.55. The van der Waals surface area contributed by atoms with E-state index in [0.717, 1.165) is 25.5 Å². The van der Waals surface area contributed by atoms with E-state index in [9.17, 15) is 0 Å². The Hall–Kier alpha value is -0.120. The van der Waals surface area contributed by atoms with E-state index in [-0.39, 0.29) is 6.61 Å². The quantitative estimate of drug-likeness (QED) is 0.654. The Balaban J connectivity index is 2.05. The molecule has 0 aromatic heterocycles. The van der Waals surface area contributed by atoms with Gasteiger partial charge in [-0.1, -0.05) is 20.8 Å². The van der Waals surface area contributed by atoms with Gasteiger partial charge in [-0.2, -0.15) is 0 Å². The number of nitrogens with one attached hydrogen (secondary N) is 1. The zero-order valence-corrected chi connectivity index (χ0v) is 11.0. The molecule has 3 nitrogen and oxygen atoms in total. The molecule has 2 atom stereocenters. The second-order valence-corrected chi connectivity index (χ2v) is 5.80. The summed E-state index contributed by atoms with van der Waals surface area (Å²) in [7, 11) is 0. The van der Waals surface area contributed by atoms with Crippen LogP contribution in [-0.2, 0) is 4.74 Å². The molecule has 1 aliphatic carbocycles. The predicted octanol–water partition coefficient (Wildman–Crippen LogP) is 1.80. The van der Waals surface area contributed by atoms with Gasteiger partial charge in [0.15, 0.2) is 0 Å². The number of aliphatic hydroxyl groups is 1. The average molecular weight is 229 g/mol. The molecule has 2 N–H and O–H groups in total. The molecule has 0 spiro atoms. The van der Waals surface area contributed by atoms with Gasteiger partial charge in [-0.25, -0.2) is 0 Å². The minimum atomic E-state index is 0.126. The van der Waals surface area contributed by atoms with Crippen molar-refractivity contribution in [2.24, 2.45) is 11.3 Å². The first-order chi connectivity index (χ1) is 7.55. The molecule has 3 heteroatoms. The van der Waals surface area contributed by atoms with Crippen LogP contribution in [-0.4, -0.2) is 37.5 Å². The lowest BCUT2D eigenvalue weighted by Crippen LogP contribution is -2.32. The molecule has 1 saturated carbocycles.